The molecule has 1 aromatic heterocycles. The molecule has 5 nitrogen and oxygen atoms in total. The standard InChI is InChI=1S/C19H18ClFN4OS/c20-15-4-1-3-14(11-15)13-27-19-23-22-18(24-7-9-26-10-8-24)25(19)17-6-2-5-16(21)12-17/h1-6,11-12H,7-10,13H2. The largest absolute Gasteiger partial charge is 0.378 e. The van der Waals surface area contributed by atoms with Crippen LogP contribution >= 0.6 is 23.4 Å². The van der Waals surface area contributed by atoms with Gasteiger partial charge in [-0.05, 0) is 35.9 Å². The fourth-order valence-electron chi connectivity index (χ4n) is 2.94. The quantitative estimate of drug-likeness (QED) is 0.596. The molecule has 0 amide bonds. The van der Waals surface area contributed by atoms with E-state index in [4.69, 9.17) is 16.3 Å². The third kappa shape index (κ3) is 4.26. The number of benzene rings is 2. The molecule has 27 heavy (non-hydrogen) atoms. The van der Waals surface area contributed by atoms with Crippen LogP contribution in [0.5, 0.6) is 0 Å². The van der Waals surface area contributed by atoms with Crippen molar-refractivity contribution in [2.45, 2.75) is 10.9 Å². The summed E-state index contributed by atoms with van der Waals surface area (Å²) in [6.45, 7) is 2.74. The topological polar surface area (TPSA) is 43.2 Å². The maximum atomic E-state index is 13.9. The van der Waals surface area contributed by atoms with Crippen LogP contribution in [0.3, 0.4) is 0 Å². The molecule has 0 unspecified atom stereocenters. The number of hydrogen-bond acceptors (Lipinski definition) is 5. The summed E-state index contributed by atoms with van der Waals surface area (Å²) >= 11 is 7.62. The molecule has 1 saturated heterocycles. The van der Waals surface area contributed by atoms with E-state index in [1.54, 1.807) is 17.8 Å². The van der Waals surface area contributed by atoms with Crippen molar-refractivity contribution in [3.63, 3.8) is 0 Å². The summed E-state index contributed by atoms with van der Waals surface area (Å²) in [6.07, 6.45) is 0. The van der Waals surface area contributed by atoms with Gasteiger partial charge in [0.2, 0.25) is 5.95 Å². The maximum absolute atomic E-state index is 13.9. The van der Waals surface area contributed by atoms with Crippen LogP contribution < -0.4 is 4.90 Å². The first-order valence-corrected chi connectivity index (χ1v) is 9.98. The molecule has 3 aromatic rings. The predicted octanol–water partition coefficient (Wildman–Crippen LogP) is 4.19. The Kier molecular flexibility index (Phi) is 5.61. The molecule has 140 valence electrons. The fourth-order valence-corrected chi connectivity index (χ4v) is 4.04. The second kappa shape index (κ2) is 8.29. The SMILES string of the molecule is Fc1cccc(-n2c(SCc3cccc(Cl)c3)nnc2N2CCOCC2)c1. The first-order chi connectivity index (χ1) is 13.2. The molecule has 0 N–H and O–H groups in total. The van der Waals surface area contributed by atoms with Crippen LogP contribution in [-0.4, -0.2) is 41.1 Å². The fraction of sp³-hybridized carbons (Fsp3) is 0.263. The number of nitrogens with zero attached hydrogens (tertiary/aromatic N) is 4. The summed E-state index contributed by atoms with van der Waals surface area (Å²) in [5, 5.41) is 10.2. The van der Waals surface area contributed by atoms with Gasteiger partial charge in [-0.25, -0.2) is 4.39 Å². The van der Waals surface area contributed by atoms with Crippen molar-refractivity contribution in [1.82, 2.24) is 14.8 Å². The van der Waals surface area contributed by atoms with Crippen molar-refractivity contribution in [1.29, 1.82) is 0 Å². The number of anilines is 1. The van der Waals surface area contributed by atoms with Crippen molar-refractivity contribution in [3.8, 4) is 5.69 Å². The van der Waals surface area contributed by atoms with E-state index in [0.29, 0.717) is 40.8 Å². The Morgan fingerprint density at radius 1 is 1.07 bits per heavy atom. The minimum absolute atomic E-state index is 0.292. The summed E-state index contributed by atoms with van der Waals surface area (Å²) in [5.41, 5.74) is 1.80. The predicted molar refractivity (Wildman–Crippen MR) is 105 cm³/mol. The van der Waals surface area contributed by atoms with E-state index in [2.05, 4.69) is 15.1 Å². The minimum Gasteiger partial charge on any atom is -0.378 e. The van der Waals surface area contributed by atoms with Gasteiger partial charge >= 0.3 is 0 Å². The van der Waals surface area contributed by atoms with Gasteiger partial charge in [0, 0.05) is 23.9 Å². The van der Waals surface area contributed by atoms with E-state index < -0.39 is 0 Å². The molecule has 2 aromatic carbocycles. The van der Waals surface area contributed by atoms with Gasteiger partial charge in [0.05, 0.1) is 18.9 Å². The Labute approximate surface area is 166 Å². The Morgan fingerprint density at radius 2 is 1.89 bits per heavy atom. The molecule has 0 saturated carbocycles. The zero-order chi connectivity index (χ0) is 18.6. The van der Waals surface area contributed by atoms with Gasteiger partial charge < -0.3 is 9.64 Å². The highest BCUT2D eigenvalue weighted by atomic mass is 35.5. The molecule has 4 rings (SSSR count). The van der Waals surface area contributed by atoms with Crippen LogP contribution in [-0.2, 0) is 10.5 Å². The lowest BCUT2D eigenvalue weighted by Crippen LogP contribution is -2.37. The van der Waals surface area contributed by atoms with Gasteiger partial charge in [0.15, 0.2) is 5.16 Å². The van der Waals surface area contributed by atoms with Crippen molar-refractivity contribution in [2.24, 2.45) is 0 Å². The lowest BCUT2D eigenvalue weighted by molar-refractivity contribution is 0.122. The van der Waals surface area contributed by atoms with E-state index in [1.807, 2.05) is 34.9 Å². The lowest BCUT2D eigenvalue weighted by Gasteiger charge is -2.27. The Balaban J connectivity index is 1.67. The smallest absolute Gasteiger partial charge is 0.232 e. The molecule has 1 aliphatic rings. The number of aromatic nitrogens is 3. The molecule has 0 atom stereocenters. The highest BCUT2D eigenvalue weighted by Crippen LogP contribution is 2.30. The summed E-state index contributed by atoms with van der Waals surface area (Å²) < 4.78 is 21.2. The molecule has 2 heterocycles. The number of morpholine rings is 1. The second-order valence-electron chi connectivity index (χ2n) is 6.12. The monoisotopic (exact) mass is 404 g/mol. The van der Waals surface area contributed by atoms with Crippen LogP contribution in [0, 0.1) is 5.82 Å². The normalized spacial score (nSPS) is 14.5. The molecule has 0 spiro atoms. The van der Waals surface area contributed by atoms with Gasteiger partial charge in [0.1, 0.15) is 5.82 Å². The molecule has 8 heteroatoms. The van der Waals surface area contributed by atoms with E-state index in [1.165, 1.54) is 12.1 Å². The van der Waals surface area contributed by atoms with Crippen LogP contribution in [0.4, 0.5) is 10.3 Å². The summed E-state index contributed by atoms with van der Waals surface area (Å²) in [5.74, 6) is 1.11. The van der Waals surface area contributed by atoms with E-state index in [9.17, 15) is 4.39 Å². The van der Waals surface area contributed by atoms with Crippen molar-refractivity contribution in [2.75, 3.05) is 31.2 Å². The third-order valence-electron chi connectivity index (χ3n) is 4.23. The van der Waals surface area contributed by atoms with Gasteiger partial charge in [-0.1, -0.05) is 41.6 Å². The van der Waals surface area contributed by atoms with Gasteiger partial charge in [-0.3, -0.25) is 4.57 Å². The van der Waals surface area contributed by atoms with Crippen molar-refractivity contribution >= 4 is 29.3 Å². The van der Waals surface area contributed by atoms with Gasteiger partial charge in [-0.2, -0.15) is 0 Å². The molecule has 1 aliphatic heterocycles. The number of ether oxygens (including phenoxy) is 1. The first-order valence-electron chi connectivity index (χ1n) is 8.62. The number of thioether (sulfide) groups is 1. The average Bonchev–Trinajstić information content (AvgIpc) is 3.11. The van der Waals surface area contributed by atoms with Crippen LogP contribution in [0.25, 0.3) is 5.69 Å². The van der Waals surface area contributed by atoms with Crippen LogP contribution in [0.15, 0.2) is 53.7 Å². The zero-order valence-corrected chi connectivity index (χ0v) is 16.1. The molecule has 0 bridgehead atoms. The maximum Gasteiger partial charge on any atom is 0.232 e. The van der Waals surface area contributed by atoms with E-state index in [0.717, 1.165) is 18.7 Å². The third-order valence-corrected chi connectivity index (χ3v) is 5.47. The van der Waals surface area contributed by atoms with E-state index >= 15 is 0 Å². The highest BCUT2D eigenvalue weighted by molar-refractivity contribution is 7.98. The first kappa shape index (κ1) is 18.3. The number of rotatable bonds is 5. The summed E-state index contributed by atoms with van der Waals surface area (Å²) in [4.78, 5) is 2.12. The average molecular weight is 405 g/mol. The van der Waals surface area contributed by atoms with E-state index in [-0.39, 0.29) is 5.82 Å². The molecule has 0 aliphatic carbocycles. The zero-order valence-electron chi connectivity index (χ0n) is 14.5. The Hall–Kier alpha value is -2.09. The van der Waals surface area contributed by atoms with Crippen molar-refractivity contribution in [3.05, 3.63) is 64.9 Å². The lowest BCUT2D eigenvalue weighted by atomic mass is 10.2. The molecular formula is C19H18ClFN4OS. The van der Waals surface area contributed by atoms with Gasteiger partial charge in [0.25, 0.3) is 0 Å². The molecular weight excluding hydrogens is 387 g/mol. The van der Waals surface area contributed by atoms with Crippen LogP contribution in [0.1, 0.15) is 5.56 Å². The molecule has 0 radical (unpaired) electrons. The number of hydrogen-bond donors (Lipinski definition) is 0. The van der Waals surface area contributed by atoms with Gasteiger partial charge in [-0.15, -0.1) is 10.2 Å². The summed E-state index contributed by atoms with van der Waals surface area (Å²) in [6, 6.07) is 14.2. The second-order valence-corrected chi connectivity index (χ2v) is 7.49. The minimum atomic E-state index is -0.292. The summed E-state index contributed by atoms with van der Waals surface area (Å²) in [7, 11) is 0. The highest BCUT2D eigenvalue weighted by Gasteiger charge is 2.22. The molecule has 1 fully saturated rings. The Bertz CT molecular complexity index is 930. The number of halogens is 2. The van der Waals surface area contributed by atoms with Crippen LogP contribution in [0.2, 0.25) is 5.02 Å². The Morgan fingerprint density at radius 3 is 2.67 bits per heavy atom. The van der Waals surface area contributed by atoms with Crippen molar-refractivity contribution < 1.29 is 9.13 Å².